The molecule has 2 N–H and O–H groups in total. The van der Waals surface area contributed by atoms with Gasteiger partial charge in [-0.1, -0.05) is 31.6 Å². The zero-order valence-electron chi connectivity index (χ0n) is 12.1. The maximum atomic E-state index is 10.7. The van der Waals surface area contributed by atoms with Crippen molar-refractivity contribution in [2.24, 2.45) is 5.41 Å². The number of allylic oxidation sites excluding steroid dienone is 5. The van der Waals surface area contributed by atoms with Gasteiger partial charge in [0.05, 0.1) is 5.82 Å². The third kappa shape index (κ3) is 5.34. The summed E-state index contributed by atoms with van der Waals surface area (Å²) < 4.78 is 10.7. The Labute approximate surface area is 115 Å². The molecule has 1 rings (SSSR count). The lowest BCUT2D eigenvalue weighted by molar-refractivity contribution is 0.376. The molecular formula is C15H23O3P. The van der Waals surface area contributed by atoms with Crippen molar-refractivity contribution in [2.75, 3.05) is 0 Å². The summed E-state index contributed by atoms with van der Waals surface area (Å²) in [6.07, 6.45) is 7.46. The van der Waals surface area contributed by atoms with Crippen molar-refractivity contribution in [1.82, 2.24) is 0 Å². The second-order valence-electron chi connectivity index (χ2n) is 5.81. The molecule has 3 nitrogen and oxygen atoms in total. The van der Waals surface area contributed by atoms with Crippen LogP contribution in [0.4, 0.5) is 0 Å². The minimum Gasteiger partial charge on any atom is -0.321 e. The molecule has 0 aromatic heterocycles. The normalized spacial score (nSPS) is 19.5. The lowest BCUT2D eigenvalue weighted by atomic mass is 9.72. The van der Waals surface area contributed by atoms with Gasteiger partial charge < -0.3 is 9.79 Å². The van der Waals surface area contributed by atoms with Gasteiger partial charge in [-0.3, -0.25) is 4.57 Å². The minimum absolute atomic E-state index is 0.173. The van der Waals surface area contributed by atoms with Crippen LogP contribution in [-0.4, -0.2) is 9.79 Å². The molecule has 1 aliphatic carbocycles. The van der Waals surface area contributed by atoms with Crippen molar-refractivity contribution in [1.29, 1.82) is 0 Å². The fraction of sp³-hybridized carbons (Fsp3) is 0.533. The lowest BCUT2D eigenvalue weighted by Crippen LogP contribution is -2.19. The van der Waals surface area contributed by atoms with Crippen molar-refractivity contribution >= 4 is 7.60 Å². The predicted molar refractivity (Wildman–Crippen MR) is 78.8 cm³/mol. The Morgan fingerprint density at radius 3 is 2.58 bits per heavy atom. The predicted octanol–water partition coefficient (Wildman–Crippen LogP) is 4.31. The monoisotopic (exact) mass is 282 g/mol. The maximum Gasteiger partial charge on any atom is 0.356 e. The summed E-state index contributed by atoms with van der Waals surface area (Å²) in [5, 5.41) is 0. The molecule has 106 valence electrons. The molecule has 0 saturated carbocycles. The molecule has 0 aliphatic heterocycles. The highest BCUT2D eigenvalue weighted by molar-refractivity contribution is 7.55. The molecule has 4 heteroatoms. The number of rotatable bonds is 3. The minimum atomic E-state index is -4.12. The van der Waals surface area contributed by atoms with E-state index in [1.165, 1.54) is 24.0 Å². The van der Waals surface area contributed by atoms with Gasteiger partial charge >= 0.3 is 7.60 Å². The molecule has 19 heavy (non-hydrogen) atoms. The van der Waals surface area contributed by atoms with Crippen molar-refractivity contribution in [3.8, 4) is 0 Å². The lowest BCUT2D eigenvalue weighted by Gasteiger charge is -2.32. The van der Waals surface area contributed by atoms with Crippen LogP contribution in [0, 0.1) is 5.41 Å². The molecule has 0 bridgehead atoms. The summed E-state index contributed by atoms with van der Waals surface area (Å²) in [5.74, 6) is 0.819. The van der Waals surface area contributed by atoms with E-state index in [0.29, 0.717) is 5.57 Å². The molecule has 0 aromatic carbocycles. The fourth-order valence-electron chi connectivity index (χ4n) is 2.45. The highest BCUT2D eigenvalue weighted by Gasteiger charge is 2.26. The van der Waals surface area contributed by atoms with Crippen molar-refractivity contribution in [3.63, 3.8) is 0 Å². The zero-order valence-corrected chi connectivity index (χ0v) is 13.0. The molecule has 1 aliphatic rings. The molecular weight excluding hydrogens is 259 g/mol. The molecule has 0 radical (unpaired) electrons. The fourth-order valence-corrected chi connectivity index (χ4v) is 2.82. The SMILES string of the molecule is CC(=C=CP(=O)(O)O)/C=C/C1=C(C)CCCC1(C)C. The largest absolute Gasteiger partial charge is 0.356 e. The van der Waals surface area contributed by atoms with E-state index in [1.807, 2.05) is 6.08 Å². The smallest absolute Gasteiger partial charge is 0.321 e. The van der Waals surface area contributed by atoms with Crippen LogP contribution in [0.25, 0.3) is 0 Å². The summed E-state index contributed by atoms with van der Waals surface area (Å²) in [6, 6.07) is 0. The average Bonchev–Trinajstić information content (AvgIpc) is 2.23. The highest BCUT2D eigenvalue weighted by Crippen LogP contribution is 2.40. The van der Waals surface area contributed by atoms with E-state index in [9.17, 15) is 4.57 Å². The van der Waals surface area contributed by atoms with Gasteiger partial charge in [0.2, 0.25) is 0 Å². The van der Waals surface area contributed by atoms with E-state index in [-0.39, 0.29) is 5.41 Å². The second-order valence-corrected chi connectivity index (χ2v) is 7.25. The first-order valence-corrected chi connectivity index (χ1v) is 8.18. The molecule has 0 unspecified atom stereocenters. The van der Waals surface area contributed by atoms with E-state index in [0.717, 1.165) is 12.2 Å². The summed E-state index contributed by atoms with van der Waals surface area (Å²) >= 11 is 0. The maximum absolute atomic E-state index is 10.7. The van der Waals surface area contributed by atoms with E-state index < -0.39 is 7.60 Å². The Kier molecular flexibility index (Phi) is 5.18. The van der Waals surface area contributed by atoms with E-state index in [1.54, 1.807) is 6.92 Å². The molecule has 0 fully saturated rings. The van der Waals surface area contributed by atoms with E-state index in [4.69, 9.17) is 9.79 Å². The van der Waals surface area contributed by atoms with Gasteiger partial charge in [0.15, 0.2) is 0 Å². The quantitative estimate of drug-likeness (QED) is 0.461. The first-order valence-electron chi connectivity index (χ1n) is 6.50. The Balaban J connectivity index is 2.99. The molecule has 0 aromatic rings. The standard InChI is InChI=1S/C15H23O3P/c1-12(9-11-19(16,17)18)7-8-14-13(2)6-5-10-15(14,3)4/h7-8,11H,5-6,10H2,1-4H3,(H2,16,17,18)/b8-7+. The van der Waals surface area contributed by atoms with Gasteiger partial charge in [-0.25, -0.2) is 0 Å². The van der Waals surface area contributed by atoms with Crippen LogP contribution in [0.5, 0.6) is 0 Å². The highest BCUT2D eigenvalue weighted by atomic mass is 31.2. The van der Waals surface area contributed by atoms with Gasteiger partial charge in [0, 0.05) is 0 Å². The van der Waals surface area contributed by atoms with Crippen molar-refractivity contribution < 1.29 is 14.4 Å². The van der Waals surface area contributed by atoms with Crippen LogP contribution in [0.3, 0.4) is 0 Å². The first-order chi connectivity index (χ1) is 8.62. The first kappa shape index (κ1) is 16.2. The molecule has 0 spiro atoms. The van der Waals surface area contributed by atoms with Gasteiger partial charge in [0.1, 0.15) is 0 Å². The Morgan fingerprint density at radius 1 is 1.42 bits per heavy atom. The molecule has 0 heterocycles. The molecule has 0 atom stereocenters. The zero-order chi connectivity index (χ0) is 14.7. The van der Waals surface area contributed by atoms with E-state index in [2.05, 4.69) is 32.6 Å². The Bertz CT molecular complexity index is 512. The van der Waals surface area contributed by atoms with Gasteiger partial charge in [-0.05, 0) is 49.7 Å². The van der Waals surface area contributed by atoms with Crippen LogP contribution < -0.4 is 0 Å². The Morgan fingerprint density at radius 2 is 2.05 bits per heavy atom. The van der Waals surface area contributed by atoms with Crippen molar-refractivity contribution in [2.45, 2.75) is 47.0 Å². The summed E-state index contributed by atoms with van der Waals surface area (Å²) in [7, 11) is -4.12. The summed E-state index contributed by atoms with van der Waals surface area (Å²) in [4.78, 5) is 17.5. The van der Waals surface area contributed by atoms with Gasteiger partial charge in [0.25, 0.3) is 0 Å². The summed E-state index contributed by atoms with van der Waals surface area (Å²) in [6.45, 7) is 8.42. The average molecular weight is 282 g/mol. The third-order valence-corrected chi connectivity index (χ3v) is 3.97. The van der Waals surface area contributed by atoms with Crippen molar-refractivity contribution in [3.05, 3.63) is 40.4 Å². The number of hydrogen-bond donors (Lipinski definition) is 2. The number of hydrogen-bond acceptors (Lipinski definition) is 1. The van der Waals surface area contributed by atoms with Crippen LogP contribution in [0.1, 0.15) is 47.0 Å². The topological polar surface area (TPSA) is 57.5 Å². The van der Waals surface area contributed by atoms with Crippen LogP contribution in [0.15, 0.2) is 40.4 Å². The van der Waals surface area contributed by atoms with Gasteiger partial charge in [-0.2, -0.15) is 0 Å². The van der Waals surface area contributed by atoms with Crippen LogP contribution >= 0.6 is 7.60 Å². The Hall–Kier alpha value is -0.850. The second kappa shape index (κ2) is 6.07. The summed E-state index contributed by atoms with van der Waals surface area (Å²) in [5.41, 5.74) is 6.24. The van der Waals surface area contributed by atoms with Crippen LogP contribution in [0.2, 0.25) is 0 Å². The van der Waals surface area contributed by atoms with Crippen LogP contribution in [-0.2, 0) is 4.57 Å². The van der Waals surface area contributed by atoms with E-state index >= 15 is 0 Å². The third-order valence-electron chi connectivity index (χ3n) is 3.50. The molecule has 0 amide bonds. The van der Waals surface area contributed by atoms with Gasteiger partial charge in [-0.15, -0.1) is 5.73 Å². The molecule has 0 saturated heterocycles.